The summed E-state index contributed by atoms with van der Waals surface area (Å²) in [6, 6.07) is 9.76. The van der Waals surface area contributed by atoms with Crippen LogP contribution in [0.1, 0.15) is 25.8 Å². The second-order valence-corrected chi connectivity index (χ2v) is 4.74. The molecule has 1 rings (SSSR count). The van der Waals surface area contributed by atoms with Crippen molar-refractivity contribution in [3.8, 4) is 0 Å². The average Bonchev–Trinajstić information content (AvgIpc) is 2.51. The molecule has 4 nitrogen and oxygen atoms in total. The minimum absolute atomic E-state index is 0.164. The van der Waals surface area contributed by atoms with E-state index in [1.54, 1.807) is 19.1 Å². The van der Waals surface area contributed by atoms with Gasteiger partial charge >= 0.3 is 11.9 Å². The number of carboxylic acid groups (broad SMARTS) is 1. The Morgan fingerprint density at radius 1 is 1.14 bits per heavy atom. The number of ether oxygens (including phenoxy) is 1. The smallest absolute Gasteiger partial charge is 0.333 e. The normalized spacial score (nSPS) is 12.5. The van der Waals surface area contributed by atoms with Gasteiger partial charge in [-0.25, -0.2) is 9.59 Å². The van der Waals surface area contributed by atoms with Crippen LogP contribution in [0.3, 0.4) is 0 Å². The van der Waals surface area contributed by atoms with E-state index in [0.717, 1.165) is 5.56 Å². The molecule has 4 heteroatoms. The second kappa shape index (κ2) is 9.34. The van der Waals surface area contributed by atoms with Crippen molar-refractivity contribution in [3.63, 3.8) is 0 Å². The summed E-state index contributed by atoms with van der Waals surface area (Å²) in [5.41, 5.74) is 1.79. The third-order valence-corrected chi connectivity index (χ3v) is 2.90. The maximum Gasteiger partial charge on any atom is 0.333 e. The molecular weight excluding hydrogens is 280 g/mol. The van der Waals surface area contributed by atoms with Gasteiger partial charge in [0.05, 0.1) is 6.61 Å². The molecule has 0 saturated heterocycles. The molecule has 0 aromatic heterocycles. The van der Waals surface area contributed by atoms with Crippen LogP contribution in [-0.4, -0.2) is 23.7 Å². The Hall–Kier alpha value is -2.62. The second-order valence-electron chi connectivity index (χ2n) is 4.74. The molecule has 116 valence electrons. The summed E-state index contributed by atoms with van der Waals surface area (Å²) >= 11 is 0. The first-order valence-electron chi connectivity index (χ1n) is 6.98. The first-order chi connectivity index (χ1) is 10.5. The molecule has 0 aliphatic carbocycles. The van der Waals surface area contributed by atoms with Crippen LogP contribution in [0, 0.1) is 0 Å². The third kappa shape index (κ3) is 6.70. The molecule has 0 unspecified atom stereocenters. The van der Waals surface area contributed by atoms with Crippen molar-refractivity contribution in [1.29, 1.82) is 0 Å². The van der Waals surface area contributed by atoms with E-state index in [0.29, 0.717) is 12.0 Å². The topological polar surface area (TPSA) is 63.6 Å². The van der Waals surface area contributed by atoms with E-state index in [2.05, 4.69) is 0 Å². The van der Waals surface area contributed by atoms with Gasteiger partial charge in [-0.3, -0.25) is 0 Å². The largest absolute Gasteiger partial charge is 0.478 e. The van der Waals surface area contributed by atoms with Crippen LogP contribution in [0.2, 0.25) is 0 Å². The van der Waals surface area contributed by atoms with Gasteiger partial charge in [0.25, 0.3) is 0 Å². The lowest BCUT2D eigenvalue weighted by atomic mass is 10.2. The van der Waals surface area contributed by atoms with Gasteiger partial charge in [0, 0.05) is 17.6 Å². The standard InChI is InChI=1S/C18H20O4/c1-14(17(19)20)9-7-13-22-18(21)15(2)8-6-12-16-10-4-3-5-11-16/h3-6,8-12H,7,13H2,1-2H3,(H,19,20). The highest BCUT2D eigenvalue weighted by Gasteiger charge is 2.04. The minimum Gasteiger partial charge on any atom is -0.478 e. The summed E-state index contributed by atoms with van der Waals surface area (Å²) in [6.07, 6.45) is 7.30. The number of rotatable bonds is 7. The average molecular weight is 300 g/mol. The zero-order valence-corrected chi connectivity index (χ0v) is 12.8. The van der Waals surface area contributed by atoms with Crippen molar-refractivity contribution in [3.05, 3.63) is 65.3 Å². The maximum atomic E-state index is 11.7. The van der Waals surface area contributed by atoms with E-state index in [9.17, 15) is 9.59 Å². The number of aliphatic carboxylic acids is 1. The molecule has 0 fully saturated rings. The number of carboxylic acids is 1. The third-order valence-electron chi connectivity index (χ3n) is 2.90. The number of allylic oxidation sites excluding steroid dienone is 2. The van der Waals surface area contributed by atoms with Crippen LogP contribution < -0.4 is 0 Å². The highest BCUT2D eigenvalue weighted by Crippen LogP contribution is 2.04. The van der Waals surface area contributed by atoms with Crippen molar-refractivity contribution in [1.82, 2.24) is 0 Å². The van der Waals surface area contributed by atoms with Crippen LogP contribution in [0.4, 0.5) is 0 Å². The van der Waals surface area contributed by atoms with E-state index < -0.39 is 11.9 Å². The van der Waals surface area contributed by atoms with Crippen LogP contribution in [0.5, 0.6) is 0 Å². The van der Waals surface area contributed by atoms with Crippen molar-refractivity contribution in [2.75, 3.05) is 6.61 Å². The minimum atomic E-state index is -0.964. The van der Waals surface area contributed by atoms with Crippen LogP contribution >= 0.6 is 0 Å². The lowest BCUT2D eigenvalue weighted by Crippen LogP contribution is -2.06. The predicted octanol–water partition coefficient (Wildman–Crippen LogP) is 3.61. The molecule has 0 atom stereocenters. The fourth-order valence-electron chi connectivity index (χ4n) is 1.56. The zero-order valence-electron chi connectivity index (χ0n) is 12.8. The molecule has 1 aromatic rings. The van der Waals surface area contributed by atoms with Gasteiger partial charge in [-0.1, -0.05) is 54.6 Å². The number of benzene rings is 1. The van der Waals surface area contributed by atoms with E-state index >= 15 is 0 Å². The zero-order chi connectivity index (χ0) is 16.4. The highest BCUT2D eigenvalue weighted by molar-refractivity contribution is 5.88. The lowest BCUT2D eigenvalue weighted by Gasteiger charge is -2.02. The molecule has 0 radical (unpaired) electrons. The van der Waals surface area contributed by atoms with Gasteiger partial charge in [-0.2, -0.15) is 0 Å². The number of carbonyl (C=O) groups is 2. The van der Waals surface area contributed by atoms with Crippen LogP contribution in [0.25, 0.3) is 6.08 Å². The molecule has 0 saturated carbocycles. The fraction of sp³-hybridized carbons (Fsp3) is 0.222. The predicted molar refractivity (Wildman–Crippen MR) is 86.2 cm³/mol. The first kappa shape index (κ1) is 17.4. The number of carbonyl (C=O) groups excluding carboxylic acids is 1. The van der Waals surface area contributed by atoms with Gasteiger partial charge in [0.15, 0.2) is 0 Å². The van der Waals surface area contributed by atoms with Crippen molar-refractivity contribution in [2.45, 2.75) is 20.3 Å². The first-order valence-corrected chi connectivity index (χ1v) is 6.98. The van der Waals surface area contributed by atoms with Crippen LogP contribution in [0.15, 0.2) is 59.7 Å². The molecule has 0 spiro atoms. The van der Waals surface area contributed by atoms with Gasteiger partial charge < -0.3 is 9.84 Å². The van der Waals surface area contributed by atoms with Crippen molar-refractivity contribution < 1.29 is 19.4 Å². The summed E-state index contributed by atoms with van der Waals surface area (Å²) in [6.45, 7) is 3.34. The van der Waals surface area contributed by atoms with E-state index in [4.69, 9.17) is 9.84 Å². The Kier molecular flexibility index (Phi) is 7.40. The molecule has 0 amide bonds. The summed E-state index contributed by atoms with van der Waals surface area (Å²) in [5, 5.41) is 8.68. The van der Waals surface area contributed by atoms with Crippen LogP contribution in [-0.2, 0) is 14.3 Å². The Morgan fingerprint density at radius 3 is 2.45 bits per heavy atom. The molecule has 0 bridgehead atoms. The van der Waals surface area contributed by atoms with Gasteiger partial charge in [0.1, 0.15) is 0 Å². The molecule has 1 aromatic carbocycles. The van der Waals surface area contributed by atoms with Crippen molar-refractivity contribution in [2.24, 2.45) is 0 Å². The van der Waals surface area contributed by atoms with E-state index in [-0.39, 0.29) is 12.2 Å². The molecule has 0 aliphatic rings. The Balaban J connectivity index is 2.41. The molecule has 1 N–H and O–H groups in total. The molecular formula is C18H20O4. The van der Waals surface area contributed by atoms with Gasteiger partial charge in [-0.15, -0.1) is 0 Å². The summed E-state index contributed by atoms with van der Waals surface area (Å²) in [5.74, 6) is -1.37. The van der Waals surface area contributed by atoms with Crippen molar-refractivity contribution >= 4 is 18.0 Å². The highest BCUT2D eigenvalue weighted by atomic mass is 16.5. The fourth-order valence-corrected chi connectivity index (χ4v) is 1.56. The Labute approximate surface area is 130 Å². The van der Waals surface area contributed by atoms with E-state index in [1.807, 2.05) is 36.4 Å². The molecule has 0 heterocycles. The summed E-state index contributed by atoms with van der Waals surface area (Å²) < 4.78 is 5.06. The molecule has 0 aliphatic heterocycles. The van der Waals surface area contributed by atoms with Gasteiger partial charge in [-0.05, 0) is 19.4 Å². The molecule has 22 heavy (non-hydrogen) atoms. The number of hydrogen-bond donors (Lipinski definition) is 1. The SMILES string of the molecule is CC(=CCCOC(=O)C(C)=CC=Cc1ccccc1)C(=O)O. The maximum absolute atomic E-state index is 11.7. The lowest BCUT2D eigenvalue weighted by molar-refractivity contribution is -0.138. The Bertz CT molecular complexity index is 595. The quantitative estimate of drug-likeness (QED) is 0.361. The summed E-state index contributed by atoms with van der Waals surface area (Å²) in [4.78, 5) is 22.3. The summed E-state index contributed by atoms with van der Waals surface area (Å²) in [7, 11) is 0. The van der Waals surface area contributed by atoms with Gasteiger partial charge in [0.2, 0.25) is 0 Å². The Morgan fingerprint density at radius 2 is 1.82 bits per heavy atom. The monoisotopic (exact) mass is 300 g/mol. The number of esters is 1. The van der Waals surface area contributed by atoms with E-state index in [1.165, 1.54) is 13.0 Å². The number of hydrogen-bond acceptors (Lipinski definition) is 3.